The first-order valence-electron chi connectivity index (χ1n) is 7.45. The minimum absolute atomic E-state index is 0.118. The second kappa shape index (κ2) is 7.24. The molecule has 0 atom stereocenters. The molecule has 5 heteroatoms. The number of rotatable bonds is 4. The van der Waals surface area contributed by atoms with Gasteiger partial charge in [-0.3, -0.25) is 5.01 Å². The van der Waals surface area contributed by atoms with Crippen molar-refractivity contribution in [2.45, 2.75) is 33.7 Å². The number of halogens is 2. The van der Waals surface area contributed by atoms with Gasteiger partial charge in [0.25, 0.3) is 0 Å². The van der Waals surface area contributed by atoms with Crippen LogP contribution in [0.1, 0.15) is 31.9 Å². The Balaban J connectivity index is 2.50. The molecule has 0 amide bonds. The predicted molar refractivity (Wildman–Crippen MR) is 102 cm³/mol. The third kappa shape index (κ3) is 4.18. The Morgan fingerprint density at radius 3 is 2.48 bits per heavy atom. The van der Waals surface area contributed by atoms with E-state index < -0.39 is 0 Å². The molecule has 3 nitrogen and oxygen atoms in total. The van der Waals surface area contributed by atoms with Crippen LogP contribution < -0.4 is 10.7 Å². The average Bonchev–Trinajstić information content (AvgIpc) is 2.49. The van der Waals surface area contributed by atoms with Gasteiger partial charge in [0.2, 0.25) is 0 Å². The lowest BCUT2D eigenvalue weighted by atomic mass is 10.1. The van der Waals surface area contributed by atoms with Crippen molar-refractivity contribution < 1.29 is 0 Å². The summed E-state index contributed by atoms with van der Waals surface area (Å²) in [4.78, 5) is 0. The second-order valence-corrected chi connectivity index (χ2v) is 6.65. The normalized spacial score (nSPS) is 11.9. The van der Waals surface area contributed by atoms with E-state index in [0.717, 1.165) is 22.5 Å². The summed E-state index contributed by atoms with van der Waals surface area (Å²) in [5.41, 5.74) is 10.5. The van der Waals surface area contributed by atoms with Crippen molar-refractivity contribution in [1.29, 1.82) is 0 Å². The van der Waals surface area contributed by atoms with Gasteiger partial charge in [-0.1, -0.05) is 34.8 Å². The molecule has 0 aliphatic heterocycles. The summed E-state index contributed by atoms with van der Waals surface area (Å²) in [7, 11) is 0. The Hall–Kier alpha value is -1.71. The van der Waals surface area contributed by atoms with E-state index in [1.54, 1.807) is 12.1 Å². The molecule has 0 unspecified atom stereocenters. The topological polar surface area (TPSA) is 41.6 Å². The van der Waals surface area contributed by atoms with E-state index >= 15 is 0 Å². The van der Waals surface area contributed by atoms with Crippen LogP contribution in [0, 0.1) is 6.92 Å². The highest BCUT2D eigenvalue weighted by Crippen LogP contribution is 2.31. The Morgan fingerprint density at radius 2 is 1.83 bits per heavy atom. The molecule has 0 aromatic heterocycles. The number of anilines is 2. The molecule has 0 radical (unpaired) electrons. The highest BCUT2D eigenvalue weighted by atomic mass is 35.5. The lowest BCUT2D eigenvalue weighted by Crippen LogP contribution is -2.27. The maximum atomic E-state index is 6.33. The minimum Gasteiger partial charge on any atom is -0.398 e. The van der Waals surface area contributed by atoms with Gasteiger partial charge in [0, 0.05) is 22.3 Å². The maximum absolute atomic E-state index is 6.33. The molecule has 0 spiro atoms. The minimum atomic E-state index is 0.118. The molecule has 122 valence electrons. The van der Waals surface area contributed by atoms with Crippen LogP contribution in [0.2, 0.25) is 10.0 Å². The van der Waals surface area contributed by atoms with E-state index in [-0.39, 0.29) is 6.04 Å². The van der Waals surface area contributed by atoms with Gasteiger partial charge in [0.1, 0.15) is 0 Å². The third-order valence-electron chi connectivity index (χ3n) is 3.50. The van der Waals surface area contributed by atoms with Crippen LogP contribution in [-0.4, -0.2) is 11.8 Å². The van der Waals surface area contributed by atoms with Gasteiger partial charge in [-0.15, -0.1) is 0 Å². The zero-order valence-corrected chi connectivity index (χ0v) is 15.3. The van der Waals surface area contributed by atoms with Crippen LogP contribution in [0.3, 0.4) is 0 Å². The summed E-state index contributed by atoms with van der Waals surface area (Å²) >= 11 is 12.4. The Bertz CT molecular complexity index is 739. The van der Waals surface area contributed by atoms with Gasteiger partial charge in [-0.05, 0) is 58.0 Å². The first kappa shape index (κ1) is 17.6. The summed E-state index contributed by atoms with van der Waals surface area (Å²) < 4.78 is 0. The van der Waals surface area contributed by atoms with Gasteiger partial charge in [-0.25, -0.2) is 0 Å². The number of nitrogens with zero attached hydrogens (tertiary/aromatic N) is 2. The number of benzene rings is 2. The lowest BCUT2D eigenvalue weighted by molar-refractivity contribution is 0.713. The van der Waals surface area contributed by atoms with Gasteiger partial charge in [0.15, 0.2) is 0 Å². The van der Waals surface area contributed by atoms with E-state index in [2.05, 4.69) is 0 Å². The summed E-state index contributed by atoms with van der Waals surface area (Å²) in [6, 6.07) is 11.4. The van der Waals surface area contributed by atoms with Crippen LogP contribution >= 0.6 is 23.2 Å². The molecule has 0 aliphatic rings. The summed E-state index contributed by atoms with van der Waals surface area (Å²) in [5, 5.41) is 7.85. The van der Waals surface area contributed by atoms with Crippen molar-refractivity contribution in [2.24, 2.45) is 5.10 Å². The van der Waals surface area contributed by atoms with E-state index in [1.807, 2.05) is 57.0 Å². The molecule has 23 heavy (non-hydrogen) atoms. The Labute approximate surface area is 147 Å². The molecule has 2 N–H and O–H groups in total. The van der Waals surface area contributed by atoms with Crippen molar-refractivity contribution >= 4 is 40.3 Å². The molecule has 0 saturated heterocycles. The zero-order valence-electron chi connectivity index (χ0n) is 13.8. The monoisotopic (exact) mass is 349 g/mol. The van der Waals surface area contributed by atoms with Crippen molar-refractivity contribution in [2.75, 3.05) is 10.7 Å². The molecular formula is C18H21Cl2N3. The highest BCUT2D eigenvalue weighted by Gasteiger charge is 2.15. The van der Waals surface area contributed by atoms with Gasteiger partial charge >= 0.3 is 0 Å². The van der Waals surface area contributed by atoms with Crippen LogP contribution in [-0.2, 0) is 0 Å². The number of nitrogens with two attached hydrogens (primary N) is 1. The van der Waals surface area contributed by atoms with E-state index in [1.165, 1.54) is 0 Å². The molecule has 0 saturated carbocycles. The Morgan fingerprint density at radius 1 is 1.13 bits per heavy atom. The number of hydrogen-bond donors (Lipinski definition) is 1. The largest absolute Gasteiger partial charge is 0.398 e. The Kier molecular flexibility index (Phi) is 5.55. The van der Waals surface area contributed by atoms with Crippen LogP contribution in [0.25, 0.3) is 0 Å². The maximum Gasteiger partial charge on any atom is 0.0798 e. The van der Waals surface area contributed by atoms with Crippen LogP contribution in [0.5, 0.6) is 0 Å². The summed E-state index contributed by atoms with van der Waals surface area (Å²) in [5.74, 6) is 0. The predicted octanol–water partition coefficient (Wildman–Crippen LogP) is 5.52. The number of aryl methyl sites for hydroxylation is 1. The van der Waals surface area contributed by atoms with E-state index in [4.69, 9.17) is 34.0 Å². The van der Waals surface area contributed by atoms with Crippen molar-refractivity contribution in [1.82, 2.24) is 0 Å². The van der Waals surface area contributed by atoms with Gasteiger partial charge in [0.05, 0.1) is 16.4 Å². The zero-order chi connectivity index (χ0) is 17.1. The second-order valence-electron chi connectivity index (χ2n) is 5.81. The van der Waals surface area contributed by atoms with E-state index in [0.29, 0.717) is 15.7 Å². The van der Waals surface area contributed by atoms with Crippen LogP contribution in [0.4, 0.5) is 11.4 Å². The van der Waals surface area contributed by atoms with Crippen molar-refractivity contribution in [3.8, 4) is 0 Å². The molecule has 0 fully saturated rings. The number of nitrogen functional groups attached to an aromatic ring is 1. The molecule has 2 aromatic carbocycles. The molecule has 0 aliphatic carbocycles. The quantitative estimate of drug-likeness (QED) is 0.448. The standard InChI is InChI=1S/C18H21Cl2N3/c1-11(2)23(18-10-14(19)6-7-16(18)20)22-13(4)15-9-12(3)5-8-17(15)21/h5-11H,21H2,1-4H3/b22-13+. The number of hydrazone groups is 1. The third-order valence-corrected chi connectivity index (χ3v) is 4.06. The molecular weight excluding hydrogens is 329 g/mol. The van der Waals surface area contributed by atoms with Gasteiger partial charge in [-0.2, -0.15) is 5.10 Å². The molecule has 2 rings (SSSR count). The summed E-state index contributed by atoms with van der Waals surface area (Å²) in [6.07, 6.45) is 0. The van der Waals surface area contributed by atoms with Gasteiger partial charge < -0.3 is 5.73 Å². The average molecular weight is 350 g/mol. The van der Waals surface area contributed by atoms with Crippen molar-refractivity contribution in [3.05, 3.63) is 57.6 Å². The molecule has 0 bridgehead atoms. The summed E-state index contributed by atoms with van der Waals surface area (Å²) in [6.45, 7) is 8.07. The van der Waals surface area contributed by atoms with Crippen molar-refractivity contribution in [3.63, 3.8) is 0 Å². The fraction of sp³-hybridized carbons (Fsp3) is 0.278. The lowest BCUT2D eigenvalue weighted by Gasteiger charge is -2.26. The molecule has 0 heterocycles. The molecule has 2 aromatic rings. The SMILES string of the molecule is C/C(=N\N(c1cc(Cl)ccc1Cl)C(C)C)c1cc(C)ccc1N. The number of hydrogen-bond acceptors (Lipinski definition) is 3. The van der Waals surface area contributed by atoms with E-state index in [9.17, 15) is 0 Å². The highest BCUT2D eigenvalue weighted by molar-refractivity contribution is 6.35. The fourth-order valence-corrected chi connectivity index (χ4v) is 2.68. The first-order valence-corrected chi connectivity index (χ1v) is 8.21. The van der Waals surface area contributed by atoms with Crippen LogP contribution in [0.15, 0.2) is 41.5 Å². The first-order chi connectivity index (χ1) is 10.8. The fourth-order valence-electron chi connectivity index (χ4n) is 2.31. The smallest absolute Gasteiger partial charge is 0.0798 e.